The summed E-state index contributed by atoms with van der Waals surface area (Å²) < 4.78 is 10.7. The van der Waals surface area contributed by atoms with Gasteiger partial charge in [0.25, 0.3) is 5.91 Å². The molecule has 0 aliphatic heterocycles. The van der Waals surface area contributed by atoms with Crippen molar-refractivity contribution in [1.29, 1.82) is 0 Å². The Labute approximate surface area is 204 Å². The number of nitrogens with zero attached hydrogens (tertiary/aromatic N) is 2. The minimum Gasteiger partial charge on any atom is -0.495 e. The van der Waals surface area contributed by atoms with E-state index in [-0.39, 0.29) is 23.6 Å². The van der Waals surface area contributed by atoms with Gasteiger partial charge in [0.15, 0.2) is 0 Å². The van der Waals surface area contributed by atoms with Crippen LogP contribution in [0.4, 0.5) is 22.2 Å². The van der Waals surface area contributed by atoms with Crippen LogP contribution in [0.25, 0.3) is 0 Å². The summed E-state index contributed by atoms with van der Waals surface area (Å²) in [5.74, 6) is 0.498. The van der Waals surface area contributed by atoms with E-state index in [4.69, 9.17) is 9.47 Å². The third-order valence-electron chi connectivity index (χ3n) is 5.33. The number of rotatable bonds is 6. The Morgan fingerprint density at radius 3 is 2.29 bits per heavy atom. The highest BCUT2D eigenvalue weighted by molar-refractivity contribution is 5.94. The maximum Gasteiger partial charge on any atom is 0.414 e. The molecule has 1 aliphatic carbocycles. The van der Waals surface area contributed by atoms with Gasteiger partial charge in [-0.25, -0.2) is 9.78 Å². The van der Waals surface area contributed by atoms with Crippen molar-refractivity contribution in [2.45, 2.75) is 45.3 Å². The lowest BCUT2D eigenvalue weighted by molar-refractivity contribution is 0.0634. The molecule has 9 nitrogen and oxygen atoms in total. The van der Waals surface area contributed by atoms with Crippen molar-refractivity contribution in [2.75, 3.05) is 17.7 Å². The van der Waals surface area contributed by atoms with E-state index in [1.165, 1.54) is 17.2 Å². The lowest BCUT2D eigenvalue weighted by atomic mass is 10.1. The Bertz CT molecular complexity index is 1210. The molecule has 35 heavy (non-hydrogen) atoms. The van der Waals surface area contributed by atoms with Crippen molar-refractivity contribution < 1.29 is 19.1 Å². The highest BCUT2D eigenvalue weighted by atomic mass is 16.6. The van der Waals surface area contributed by atoms with Crippen LogP contribution in [0.2, 0.25) is 0 Å². The fourth-order valence-corrected chi connectivity index (χ4v) is 3.88. The number of para-hydroxylation sites is 2. The quantitative estimate of drug-likeness (QED) is 0.482. The number of fused-ring (bicyclic) bond motifs is 1. The molecule has 0 radical (unpaired) electrons. The number of hydrogen-bond donors (Lipinski definition) is 3. The van der Waals surface area contributed by atoms with Gasteiger partial charge >= 0.3 is 6.09 Å². The van der Waals surface area contributed by atoms with Crippen LogP contribution in [0.5, 0.6) is 5.75 Å². The number of methoxy groups -OCH3 is 1. The van der Waals surface area contributed by atoms with Gasteiger partial charge in [0.1, 0.15) is 22.9 Å². The first-order valence-electron chi connectivity index (χ1n) is 11.4. The summed E-state index contributed by atoms with van der Waals surface area (Å²) in [5, 5.41) is 8.71. The normalized spacial score (nSPS) is 13.0. The number of carbonyl (C=O) groups excluding carboxylic acids is 2. The zero-order chi connectivity index (χ0) is 25.0. The summed E-state index contributed by atoms with van der Waals surface area (Å²) >= 11 is 0. The molecule has 2 aromatic carbocycles. The van der Waals surface area contributed by atoms with E-state index in [2.05, 4.69) is 38.1 Å². The summed E-state index contributed by atoms with van der Waals surface area (Å²) in [5.41, 5.74) is 2.52. The van der Waals surface area contributed by atoms with E-state index >= 15 is 0 Å². The van der Waals surface area contributed by atoms with E-state index in [1.54, 1.807) is 33.9 Å². The molecule has 2 amide bonds. The van der Waals surface area contributed by atoms with E-state index in [0.717, 1.165) is 12.8 Å². The molecule has 3 N–H and O–H groups in total. The Kier molecular flexibility index (Phi) is 6.86. The molecular formula is C26H29N5O4. The lowest BCUT2D eigenvalue weighted by Gasteiger charge is -2.19. The summed E-state index contributed by atoms with van der Waals surface area (Å²) in [7, 11) is 1.56. The first kappa shape index (κ1) is 24.0. The number of ether oxygens (including phenoxy) is 2. The molecule has 3 aromatic rings. The van der Waals surface area contributed by atoms with Crippen LogP contribution in [-0.2, 0) is 17.6 Å². The SMILES string of the molecule is COc1ccccc1Nc1cc(C(=O)NC2Cc3ccccc3C2)nc(NC(=O)OC(C)(C)C)n1. The van der Waals surface area contributed by atoms with Crippen LogP contribution in [0, 0.1) is 0 Å². The van der Waals surface area contributed by atoms with Gasteiger partial charge in [-0.05, 0) is 56.9 Å². The van der Waals surface area contributed by atoms with Crippen LogP contribution in [0.3, 0.4) is 0 Å². The van der Waals surface area contributed by atoms with Gasteiger partial charge in [-0.2, -0.15) is 4.98 Å². The fraction of sp³-hybridized carbons (Fsp3) is 0.308. The Hall–Kier alpha value is -4.14. The molecule has 0 bridgehead atoms. The molecule has 0 spiro atoms. The van der Waals surface area contributed by atoms with Gasteiger partial charge in [0, 0.05) is 12.1 Å². The maximum absolute atomic E-state index is 13.1. The summed E-state index contributed by atoms with van der Waals surface area (Å²) in [6.07, 6.45) is 0.787. The molecule has 182 valence electrons. The average molecular weight is 476 g/mol. The van der Waals surface area contributed by atoms with Crippen LogP contribution < -0.4 is 20.7 Å². The Balaban J connectivity index is 1.57. The second kappa shape index (κ2) is 10.0. The molecule has 4 rings (SSSR count). The van der Waals surface area contributed by atoms with Crippen LogP contribution in [-0.4, -0.2) is 40.7 Å². The minimum atomic E-state index is -0.718. The van der Waals surface area contributed by atoms with Crippen molar-refractivity contribution >= 4 is 29.5 Å². The second-order valence-corrected chi connectivity index (χ2v) is 9.26. The predicted octanol–water partition coefficient (Wildman–Crippen LogP) is 4.47. The van der Waals surface area contributed by atoms with Crippen molar-refractivity contribution in [3.05, 3.63) is 71.4 Å². The summed E-state index contributed by atoms with van der Waals surface area (Å²) in [6, 6.07) is 16.9. The summed E-state index contributed by atoms with van der Waals surface area (Å²) in [4.78, 5) is 34.1. The van der Waals surface area contributed by atoms with E-state index < -0.39 is 11.7 Å². The molecule has 1 aromatic heterocycles. The first-order valence-corrected chi connectivity index (χ1v) is 11.4. The van der Waals surface area contributed by atoms with Crippen molar-refractivity contribution in [2.24, 2.45) is 0 Å². The van der Waals surface area contributed by atoms with Crippen molar-refractivity contribution in [1.82, 2.24) is 15.3 Å². The van der Waals surface area contributed by atoms with Gasteiger partial charge in [-0.3, -0.25) is 10.1 Å². The monoisotopic (exact) mass is 475 g/mol. The molecule has 0 saturated carbocycles. The third kappa shape index (κ3) is 6.26. The van der Waals surface area contributed by atoms with Crippen LogP contribution >= 0.6 is 0 Å². The maximum atomic E-state index is 13.1. The zero-order valence-corrected chi connectivity index (χ0v) is 20.2. The number of carbonyl (C=O) groups is 2. The second-order valence-electron chi connectivity index (χ2n) is 9.26. The molecule has 1 aliphatic rings. The molecule has 0 fully saturated rings. The lowest BCUT2D eigenvalue weighted by Crippen LogP contribution is -2.36. The fourth-order valence-electron chi connectivity index (χ4n) is 3.88. The van der Waals surface area contributed by atoms with E-state index in [0.29, 0.717) is 17.3 Å². The summed E-state index contributed by atoms with van der Waals surface area (Å²) in [6.45, 7) is 5.27. The molecule has 9 heteroatoms. The van der Waals surface area contributed by atoms with Gasteiger partial charge in [0.05, 0.1) is 12.8 Å². The van der Waals surface area contributed by atoms with Gasteiger partial charge in [-0.15, -0.1) is 0 Å². The minimum absolute atomic E-state index is 0.0391. The average Bonchev–Trinajstić information content (AvgIpc) is 3.20. The van der Waals surface area contributed by atoms with Gasteiger partial charge in [0.2, 0.25) is 5.95 Å². The first-order chi connectivity index (χ1) is 16.7. The van der Waals surface area contributed by atoms with E-state index in [1.807, 2.05) is 30.3 Å². The number of hydrogen-bond acceptors (Lipinski definition) is 7. The standard InChI is InChI=1S/C26H29N5O4/c1-26(2,3)35-25(33)31-24-29-20(15-22(30-24)28-19-11-7-8-12-21(19)34-4)23(32)27-18-13-16-9-5-6-10-17(16)14-18/h5-12,15,18H,13-14H2,1-4H3,(H,27,32)(H2,28,29,30,31,33). The largest absolute Gasteiger partial charge is 0.495 e. The number of aromatic nitrogens is 2. The predicted molar refractivity (Wildman–Crippen MR) is 133 cm³/mol. The van der Waals surface area contributed by atoms with E-state index in [9.17, 15) is 9.59 Å². The number of nitrogens with one attached hydrogen (secondary N) is 3. The van der Waals surface area contributed by atoms with Crippen molar-refractivity contribution in [3.63, 3.8) is 0 Å². The topological polar surface area (TPSA) is 114 Å². The van der Waals surface area contributed by atoms with Crippen LogP contribution in [0.1, 0.15) is 42.4 Å². The zero-order valence-electron chi connectivity index (χ0n) is 20.2. The number of amides is 2. The van der Waals surface area contributed by atoms with Crippen molar-refractivity contribution in [3.8, 4) is 5.75 Å². The number of benzene rings is 2. The molecule has 1 heterocycles. The van der Waals surface area contributed by atoms with Crippen LogP contribution in [0.15, 0.2) is 54.6 Å². The molecule has 0 saturated heterocycles. The molecular weight excluding hydrogens is 446 g/mol. The molecule has 0 unspecified atom stereocenters. The smallest absolute Gasteiger partial charge is 0.414 e. The molecule has 0 atom stereocenters. The highest BCUT2D eigenvalue weighted by Gasteiger charge is 2.24. The number of anilines is 3. The van der Waals surface area contributed by atoms with Gasteiger partial charge < -0.3 is 20.1 Å². The Morgan fingerprint density at radius 1 is 0.971 bits per heavy atom. The van der Waals surface area contributed by atoms with Gasteiger partial charge in [-0.1, -0.05) is 36.4 Å². The highest BCUT2D eigenvalue weighted by Crippen LogP contribution is 2.27. The Morgan fingerprint density at radius 2 is 1.63 bits per heavy atom. The third-order valence-corrected chi connectivity index (χ3v) is 5.33.